The summed E-state index contributed by atoms with van der Waals surface area (Å²) in [5, 5.41) is 5.66. The Morgan fingerprint density at radius 2 is 1.89 bits per heavy atom. The first-order chi connectivity index (χ1) is 8.72. The number of hydrogen-bond acceptors (Lipinski definition) is 3. The number of alkyl halides is 1. The SMILES string of the molecule is O=C(CNC(=O)OCc1ccccc1)NCCBr. The maximum Gasteiger partial charge on any atom is 0.407 e. The molecule has 0 atom stereocenters. The van der Waals surface area contributed by atoms with Gasteiger partial charge in [-0.25, -0.2) is 4.79 Å². The van der Waals surface area contributed by atoms with E-state index in [0.717, 1.165) is 5.56 Å². The van der Waals surface area contributed by atoms with Crippen LogP contribution >= 0.6 is 15.9 Å². The number of benzene rings is 1. The molecule has 0 bridgehead atoms. The van der Waals surface area contributed by atoms with Crippen LogP contribution in [0.15, 0.2) is 30.3 Å². The van der Waals surface area contributed by atoms with Gasteiger partial charge in [0.05, 0.1) is 6.54 Å². The molecular weight excluding hydrogens is 300 g/mol. The second-order valence-corrected chi connectivity index (χ2v) is 4.25. The van der Waals surface area contributed by atoms with Gasteiger partial charge in [0, 0.05) is 11.9 Å². The van der Waals surface area contributed by atoms with Gasteiger partial charge >= 0.3 is 6.09 Å². The molecule has 0 aromatic heterocycles. The van der Waals surface area contributed by atoms with Crippen molar-refractivity contribution in [3.8, 4) is 0 Å². The fourth-order valence-corrected chi connectivity index (χ4v) is 1.37. The first kappa shape index (κ1) is 14.5. The average Bonchev–Trinajstić information content (AvgIpc) is 2.41. The fourth-order valence-electron chi connectivity index (χ4n) is 1.18. The summed E-state index contributed by atoms with van der Waals surface area (Å²) in [7, 11) is 0. The number of amides is 2. The molecule has 6 heteroatoms. The van der Waals surface area contributed by atoms with Crippen molar-refractivity contribution >= 4 is 27.9 Å². The zero-order valence-corrected chi connectivity index (χ0v) is 11.4. The zero-order valence-electron chi connectivity index (χ0n) is 9.82. The van der Waals surface area contributed by atoms with Crippen LogP contribution in [-0.4, -0.2) is 30.4 Å². The lowest BCUT2D eigenvalue weighted by Crippen LogP contribution is -2.37. The number of hydrogen-bond donors (Lipinski definition) is 2. The molecule has 0 saturated heterocycles. The van der Waals surface area contributed by atoms with Gasteiger partial charge < -0.3 is 15.4 Å². The van der Waals surface area contributed by atoms with Crippen LogP contribution in [-0.2, 0) is 16.1 Å². The topological polar surface area (TPSA) is 67.4 Å². The van der Waals surface area contributed by atoms with Gasteiger partial charge in [0.15, 0.2) is 0 Å². The van der Waals surface area contributed by atoms with E-state index in [1.54, 1.807) is 0 Å². The second-order valence-electron chi connectivity index (χ2n) is 3.45. The van der Waals surface area contributed by atoms with E-state index in [0.29, 0.717) is 11.9 Å². The highest BCUT2D eigenvalue weighted by molar-refractivity contribution is 9.09. The van der Waals surface area contributed by atoms with Gasteiger partial charge in [-0.3, -0.25) is 4.79 Å². The van der Waals surface area contributed by atoms with E-state index in [-0.39, 0.29) is 19.1 Å². The molecule has 0 saturated carbocycles. The number of carbonyl (C=O) groups excluding carboxylic acids is 2. The van der Waals surface area contributed by atoms with Gasteiger partial charge in [0.2, 0.25) is 5.91 Å². The van der Waals surface area contributed by atoms with E-state index in [2.05, 4.69) is 26.6 Å². The summed E-state index contributed by atoms with van der Waals surface area (Å²) in [6.07, 6.45) is -0.604. The molecule has 2 N–H and O–H groups in total. The van der Waals surface area contributed by atoms with Crippen LogP contribution < -0.4 is 10.6 Å². The van der Waals surface area contributed by atoms with Crippen molar-refractivity contribution in [1.29, 1.82) is 0 Å². The lowest BCUT2D eigenvalue weighted by atomic mass is 10.2. The Morgan fingerprint density at radius 3 is 2.56 bits per heavy atom. The summed E-state index contributed by atoms with van der Waals surface area (Å²) in [5.41, 5.74) is 0.899. The molecule has 0 radical (unpaired) electrons. The Morgan fingerprint density at radius 1 is 1.17 bits per heavy atom. The molecule has 1 rings (SSSR count). The molecule has 0 aliphatic rings. The first-order valence-electron chi connectivity index (χ1n) is 5.49. The van der Waals surface area contributed by atoms with Crippen molar-refractivity contribution in [2.24, 2.45) is 0 Å². The number of carbonyl (C=O) groups is 2. The van der Waals surface area contributed by atoms with Crippen LogP contribution in [0.2, 0.25) is 0 Å². The van der Waals surface area contributed by atoms with Crippen LogP contribution in [0.1, 0.15) is 5.56 Å². The van der Waals surface area contributed by atoms with Crippen molar-refractivity contribution in [2.75, 3.05) is 18.4 Å². The third-order valence-corrected chi connectivity index (χ3v) is 2.42. The number of alkyl carbamates (subject to hydrolysis) is 1. The Hall–Kier alpha value is -1.56. The Bertz CT molecular complexity index is 384. The van der Waals surface area contributed by atoms with E-state index in [9.17, 15) is 9.59 Å². The minimum absolute atomic E-state index is 0.0827. The summed E-state index contributed by atoms with van der Waals surface area (Å²) < 4.78 is 4.94. The van der Waals surface area contributed by atoms with E-state index in [1.807, 2.05) is 30.3 Å². The number of ether oxygens (including phenoxy) is 1. The predicted octanol–water partition coefficient (Wildman–Crippen LogP) is 1.42. The second kappa shape index (κ2) is 8.52. The monoisotopic (exact) mass is 314 g/mol. The third-order valence-electron chi connectivity index (χ3n) is 2.02. The molecule has 0 fully saturated rings. The molecule has 0 aliphatic heterocycles. The molecule has 2 amide bonds. The molecule has 18 heavy (non-hydrogen) atoms. The van der Waals surface area contributed by atoms with Crippen LogP contribution in [0.25, 0.3) is 0 Å². The molecule has 0 spiro atoms. The van der Waals surface area contributed by atoms with Crippen LogP contribution in [0.5, 0.6) is 0 Å². The molecule has 0 unspecified atom stereocenters. The Labute approximate surface area is 114 Å². The molecule has 5 nitrogen and oxygen atoms in total. The van der Waals surface area contributed by atoms with Gasteiger partial charge in [-0.1, -0.05) is 46.3 Å². The van der Waals surface area contributed by atoms with Gasteiger partial charge in [-0.2, -0.15) is 0 Å². The van der Waals surface area contributed by atoms with E-state index < -0.39 is 6.09 Å². The molecule has 0 heterocycles. The summed E-state index contributed by atoms with van der Waals surface area (Å²) in [5.74, 6) is -0.244. The molecular formula is C12H15BrN2O3. The van der Waals surface area contributed by atoms with Crippen LogP contribution in [0, 0.1) is 0 Å². The van der Waals surface area contributed by atoms with Crippen molar-refractivity contribution in [3.63, 3.8) is 0 Å². The Balaban J connectivity index is 2.16. The van der Waals surface area contributed by atoms with Crippen molar-refractivity contribution < 1.29 is 14.3 Å². The number of nitrogens with one attached hydrogen (secondary N) is 2. The number of halogens is 1. The minimum Gasteiger partial charge on any atom is -0.445 e. The van der Waals surface area contributed by atoms with Crippen LogP contribution in [0.4, 0.5) is 4.79 Å². The molecule has 0 aliphatic carbocycles. The third kappa shape index (κ3) is 6.24. The normalized spacial score (nSPS) is 9.61. The maximum atomic E-state index is 11.3. The largest absolute Gasteiger partial charge is 0.445 e. The van der Waals surface area contributed by atoms with E-state index in [4.69, 9.17) is 4.74 Å². The van der Waals surface area contributed by atoms with Gasteiger partial charge in [-0.15, -0.1) is 0 Å². The van der Waals surface area contributed by atoms with Crippen LogP contribution in [0.3, 0.4) is 0 Å². The highest BCUT2D eigenvalue weighted by Crippen LogP contribution is 2.00. The highest BCUT2D eigenvalue weighted by Gasteiger charge is 2.05. The molecule has 1 aromatic rings. The fraction of sp³-hybridized carbons (Fsp3) is 0.333. The smallest absolute Gasteiger partial charge is 0.407 e. The lowest BCUT2D eigenvalue weighted by molar-refractivity contribution is -0.120. The summed E-state index contributed by atoms with van der Waals surface area (Å²) >= 11 is 3.18. The minimum atomic E-state index is -0.604. The van der Waals surface area contributed by atoms with Gasteiger partial charge in [-0.05, 0) is 5.56 Å². The molecule has 1 aromatic carbocycles. The summed E-state index contributed by atoms with van der Waals surface area (Å²) in [6.45, 7) is 0.635. The number of rotatable bonds is 6. The van der Waals surface area contributed by atoms with Crippen molar-refractivity contribution in [3.05, 3.63) is 35.9 Å². The van der Waals surface area contributed by atoms with E-state index in [1.165, 1.54) is 0 Å². The highest BCUT2D eigenvalue weighted by atomic mass is 79.9. The van der Waals surface area contributed by atoms with Gasteiger partial charge in [0.25, 0.3) is 0 Å². The average molecular weight is 315 g/mol. The van der Waals surface area contributed by atoms with Crippen molar-refractivity contribution in [1.82, 2.24) is 10.6 Å². The molecule has 98 valence electrons. The Kier molecular flexibility index (Phi) is 6.86. The summed E-state index contributed by atoms with van der Waals surface area (Å²) in [6, 6.07) is 9.33. The maximum absolute atomic E-state index is 11.3. The zero-order chi connectivity index (χ0) is 13.2. The van der Waals surface area contributed by atoms with E-state index >= 15 is 0 Å². The van der Waals surface area contributed by atoms with Gasteiger partial charge in [0.1, 0.15) is 6.61 Å². The van der Waals surface area contributed by atoms with Crippen molar-refractivity contribution in [2.45, 2.75) is 6.61 Å². The first-order valence-corrected chi connectivity index (χ1v) is 6.61. The quantitative estimate of drug-likeness (QED) is 0.780. The predicted molar refractivity (Wildman–Crippen MR) is 71.4 cm³/mol. The standard InChI is InChI=1S/C12H15BrN2O3/c13-6-7-14-11(16)8-15-12(17)18-9-10-4-2-1-3-5-10/h1-5H,6-9H2,(H,14,16)(H,15,17). The lowest BCUT2D eigenvalue weighted by Gasteiger charge is -2.07. The summed E-state index contributed by atoms with van der Waals surface area (Å²) in [4.78, 5) is 22.5.